The number of nitrogens with one attached hydrogen (secondary N) is 1. The van der Waals surface area contributed by atoms with E-state index in [0.717, 1.165) is 67.3 Å². The molecule has 1 fully saturated rings. The first-order valence-electron chi connectivity index (χ1n) is 12.0. The molecule has 1 aliphatic heterocycles. The molecule has 3 heterocycles. The molecule has 1 aromatic carbocycles. The fourth-order valence-corrected chi connectivity index (χ4v) is 4.63. The highest BCUT2D eigenvalue weighted by Crippen LogP contribution is 2.43. The average Bonchev–Trinajstić information content (AvgIpc) is 3.70. The molecule has 9 heteroatoms. The minimum absolute atomic E-state index is 0.0855. The molecule has 180 valence electrons. The van der Waals surface area contributed by atoms with E-state index in [0.29, 0.717) is 42.5 Å². The number of benzene rings is 1. The van der Waals surface area contributed by atoms with Crippen LogP contribution >= 0.6 is 0 Å². The first-order valence-corrected chi connectivity index (χ1v) is 12.0. The lowest BCUT2D eigenvalue weighted by Crippen LogP contribution is -2.34. The van der Waals surface area contributed by atoms with Crippen LogP contribution in [0.5, 0.6) is 5.75 Å². The van der Waals surface area contributed by atoms with Crippen molar-refractivity contribution in [3.63, 3.8) is 0 Å². The molecule has 0 spiro atoms. The Morgan fingerprint density at radius 3 is 2.82 bits per heavy atom. The van der Waals surface area contributed by atoms with Gasteiger partial charge in [0.1, 0.15) is 11.6 Å². The van der Waals surface area contributed by atoms with Crippen molar-refractivity contribution < 1.29 is 9.47 Å². The molecule has 0 unspecified atom stereocenters. The normalized spacial score (nSPS) is 15.7. The van der Waals surface area contributed by atoms with E-state index in [9.17, 15) is 4.79 Å². The van der Waals surface area contributed by atoms with E-state index in [1.807, 2.05) is 18.3 Å². The average molecular weight is 465 g/mol. The van der Waals surface area contributed by atoms with Gasteiger partial charge in [-0.1, -0.05) is 6.92 Å². The van der Waals surface area contributed by atoms with Crippen molar-refractivity contribution in [1.82, 2.24) is 24.8 Å². The van der Waals surface area contributed by atoms with Crippen molar-refractivity contribution in [3.8, 4) is 5.75 Å². The van der Waals surface area contributed by atoms with E-state index >= 15 is 0 Å². The summed E-state index contributed by atoms with van der Waals surface area (Å²) in [7, 11) is 3.37. The van der Waals surface area contributed by atoms with Crippen molar-refractivity contribution >= 4 is 16.9 Å². The SMILES string of the molecule is CCN(CCOC)Cc1ncc2c(n1)CCN(c1nc3cc(OC)cc(C4CC4)c3c(=O)[nH]1)C2. The summed E-state index contributed by atoms with van der Waals surface area (Å²) in [5, 5.41) is 0.686. The maximum absolute atomic E-state index is 13.1. The van der Waals surface area contributed by atoms with Gasteiger partial charge < -0.3 is 14.4 Å². The number of aromatic amines is 1. The lowest BCUT2D eigenvalue weighted by Gasteiger charge is -2.29. The van der Waals surface area contributed by atoms with Crippen LogP contribution in [0.1, 0.15) is 48.3 Å². The van der Waals surface area contributed by atoms with Crippen LogP contribution in [0.2, 0.25) is 0 Å². The van der Waals surface area contributed by atoms with Crippen molar-refractivity contribution in [3.05, 3.63) is 51.3 Å². The van der Waals surface area contributed by atoms with Crippen molar-refractivity contribution in [1.29, 1.82) is 0 Å². The highest BCUT2D eigenvalue weighted by atomic mass is 16.5. The third-order valence-electron chi connectivity index (χ3n) is 6.76. The molecule has 2 aromatic heterocycles. The van der Waals surface area contributed by atoms with E-state index in [4.69, 9.17) is 19.4 Å². The Morgan fingerprint density at radius 1 is 1.24 bits per heavy atom. The van der Waals surface area contributed by atoms with Gasteiger partial charge in [0.15, 0.2) is 0 Å². The Morgan fingerprint density at radius 2 is 2.09 bits per heavy atom. The van der Waals surface area contributed by atoms with Crippen LogP contribution in [0.3, 0.4) is 0 Å². The van der Waals surface area contributed by atoms with Crippen molar-refractivity contribution in [2.24, 2.45) is 0 Å². The van der Waals surface area contributed by atoms with Crippen molar-refractivity contribution in [2.45, 2.75) is 45.2 Å². The van der Waals surface area contributed by atoms with Crippen LogP contribution < -0.4 is 15.2 Å². The summed E-state index contributed by atoms with van der Waals surface area (Å²) in [4.78, 5) is 34.8. The number of ether oxygens (including phenoxy) is 2. The Balaban J connectivity index is 1.38. The van der Waals surface area contributed by atoms with Gasteiger partial charge in [-0.15, -0.1) is 0 Å². The van der Waals surface area contributed by atoms with Gasteiger partial charge in [0.2, 0.25) is 5.95 Å². The van der Waals surface area contributed by atoms with Crippen LogP contribution in [0.4, 0.5) is 5.95 Å². The Kier molecular flexibility index (Phi) is 6.47. The quantitative estimate of drug-likeness (QED) is 0.516. The zero-order valence-electron chi connectivity index (χ0n) is 20.1. The summed E-state index contributed by atoms with van der Waals surface area (Å²) < 4.78 is 10.7. The second-order valence-corrected chi connectivity index (χ2v) is 9.07. The van der Waals surface area contributed by atoms with Gasteiger partial charge in [-0.3, -0.25) is 14.7 Å². The Hall–Kier alpha value is -3.04. The highest BCUT2D eigenvalue weighted by molar-refractivity contribution is 5.85. The van der Waals surface area contributed by atoms with Crippen LogP contribution in [0.25, 0.3) is 10.9 Å². The number of fused-ring (bicyclic) bond motifs is 2. The van der Waals surface area contributed by atoms with E-state index < -0.39 is 0 Å². The predicted octanol–water partition coefficient (Wildman–Crippen LogP) is 2.63. The van der Waals surface area contributed by atoms with E-state index in [2.05, 4.69) is 26.7 Å². The second kappa shape index (κ2) is 9.68. The summed E-state index contributed by atoms with van der Waals surface area (Å²) in [5.41, 5.74) is 3.80. The van der Waals surface area contributed by atoms with Gasteiger partial charge in [-0.05, 0) is 36.9 Å². The molecule has 1 N–H and O–H groups in total. The zero-order valence-corrected chi connectivity index (χ0v) is 20.1. The first-order chi connectivity index (χ1) is 16.6. The maximum atomic E-state index is 13.1. The number of nitrogens with zero attached hydrogens (tertiary/aromatic N) is 5. The molecule has 34 heavy (non-hydrogen) atoms. The van der Waals surface area contributed by atoms with E-state index in [1.165, 1.54) is 0 Å². The van der Waals surface area contributed by atoms with Crippen LogP contribution in [-0.2, 0) is 24.2 Å². The molecule has 0 radical (unpaired) electrons. The van der Waals surface area contributed by atoms with Gasteiger partial charge >= 0.3 is 0 Å². The largest absolute Gasteiger partial charge is 0.497 e. The summed E-state index contributed by atoms with van der Waals surface area (Å²) >= 11 is 0. The summed E-state index contributed by atoms with van der Waals surface area (Å²) in [6, 6.07) is 3.84. The molecular formula is C25H32N6O3. The molecule has 2 aliphatic rings. The molecule has 0 amide bonds. The minimum Gasteiger partial charge on any atom is -0.497 e. The molecule has 9 nitrogen and oxygen atoms in total. The summed E-state index contributed by atoms with van der Waals surface area (Å²) in [6.45, 7) is 6.66. The number of rotatable bonds is 9. The zero-order chi connectivity index (χ0) is 23.7. The molecule has 1 saturated carbocycles. The van der Waals surface area contributed by atoms with E-state index in [1.54, 1.807) is 14.2 Å². The molecular weight excluding hydrogens is 432 g/mol. The van der Waals surface area contributed by atoms with Crippen LogP contribution in [-0.4, -0.2) is 65.3 Å². The van der Waals surface area contributed by atoms with Crippen LogP contribution in [0.15, 0.2) is 23.1 Å². The Labute approximate surface area is 199 Å². The monoisotopic (exact) mass is 464 g/mol. The lowest BCUT2D eigenvalue weighted by molar-refractivity contribution is 0.146. The number of likely N-dealkylation sites (N-methyl/N-ethyl adjacent to an activating group) is 1. The molecule has 3 aromatic rings. The van der Waals surface area contributed by atoms with E-state index in [-0.39, 0.29) is 5.56 Å². The number of H-pyrrole nitrogens is 1. The first kappa shape index (κ1) is 22.7. The number of methoxy groups -OCH3 is 2. The van der Waals surface area contributed by atoms with Gasteiger partial charge in [-0.25, -0.2) is 15.0 Å². The maximum Gasteiger partial charge on any atom is 0.260 e. The fraction of sp³-hybridized carbons (Fsp3) is 0.520. The second-order valence-electron chi connectivity index (χ2n) is 9.07. The Bertz CT molecular complexity index is 1240. The third kappa shape index (κ3) is 4.63. The van der Waals surface area contributed by atoms with Crippen molar-refractivity contribution in [2.75, 3.05) is 45.4 Å². The summed E-state index contributed by atoms with van der Waals surface area (Å²) in [5.74, 6) is 2.59. The highest BCUT2D eigenvalue weighted by Gasteiger charge is 2.28. The standard InChI is InChI=1S/C25H32N6O3/c1-4-30(9-10-33-2)15-22-26-13-17-14-31(8-7-20(17)27-22)25-28-21-12-18(34-3)11-19(16-5-6-16)23(21)24(32)29-25/h11-13,16H,4-10,14-15H2,1-3H3,(H,28,29,32). The molecule has 0 saturated heterocycles. The summed E-state index contributed by atoms with van der Waals surface area (Å²) in [6.07, 6.45) is 4.91. The predicted molar refractivity (Wildman–Crippen MR) is 131 cm³/mol. The van der Waals surface area contributed by atoms with Gasteiger partial charge in [0, 0.05) is 51.0 Å². The topological polar surface area (TPSA) is 96.5 Å². The molecule has 0 atom stereocenters. The fourth-order valence-electron chi connectivity index (χ4n) is 4.63. The number of aromatic nitrogens is 4. The third-order valence-corrected chi connectivity index (χ3v) is 6.76. The smallest absolute Gasteiger partial charge is 0.260 e. The van der Waals surface area contributed by atoms with Gasteiger partial charge in [-0.2, -0.15) is 0 Å². The van der Waals surface area contributed by atoms with Gasteiger partial charge in [0.05, 0.1) is 36.9 Å². The number of hydrogen-bond acceptors (Lipinski definition) is 8. The van der Waals surface area contributed by atoms with Crippen LogP contribution in [0, 0.1) is 0 Å². The number of hydrogen-bond donors (Lipinski definition) is 1. The lowest BCUT2D eigenvalue weighted by atomic mass is 10.0. The number of anilines is 1. The molecule has 1 aliphatic carbocycles. The molecule has 5 rings (SSSR count). The molecule has 0 bridgehead atoms. The van der Waals surface area contributed by atoms with Gasteiger partial charge in [0.25, 0.3) is 5.56 Å². The minimum atomic E-state index is -0.0855.